The van der Waals surface area contributed by atoms with Gasteiger partial charge < -0.3 is 15.4 Å². The Morgan fingerprint density at radius 3 is 2.76 bits per heavy atom. The van der Waals surface area contributed by atoms with Crippen LogP contribution in [0.4, 0.5) is 4.79 Å². The fourth-order valence-corrected chi connectivity index (χ4v) is 3.04. The van der Waals surface area contributed by atoms with E-state index in [-0.39, 0.29) is 11.6 Å². The molecule has 1 saturated carbocycles. The molecule has 0 aromatic rings. The first-order chi connectivity index (χ1) is 7.77. The molecule has 1 aliphatic carbocycles. The first kappa shape index (κ1) is 12.7. The van der Waals surface area contributed by atoms with Crippen molar-refractivity contribution >= 4 is 6.09 Å². The second-order valence-electron chi connectivity index (χ2n) is 6.69. The molecule has 0 spiro atoms. The highest BCUT2D eigenvalue weighted by Crippen LogP contribution is 2.36. The number of fused-ring (bicyclic) bond motifs is 2. The van der Waals surface area contributed by atoms with Gasteiger partial charge in [0.15, 0.2) is 0 Å². The van der Waals surface area contributed by atoms with Crippen molar-refractivity contribution in [3.8, 4) is 0 Å². The molecule has 0 aromatic carbocycles. The zero-order valence-electron chi connectivity index (χ0n) is 11.2. The van der Waals surface area contributed by atoms with Crippen LogP contribution in [0.1, 0.15) is 46.5 Å². The topological polar surface area (TPSA) is 55.6 Å². The summed E-state index contributed by atoms with van der Waals surface area (Å²) in [7, 11) is 0. The van der Waals surface area contributed by atoms with Gasteiger partial charge in [0.05, 0.1) is 0 Å². The van der Waals surface area contributed by atoms with E-state index in [0.717, 1.165) is 19.4 Å². The van der Waals surface area contributed by atoms with E-state index in [4.69, 9.17) is 10.5 Å². The lowest BCUT2D eigenvalue weighted by Gasteiger charge is -2.47. The largest absolute Gasteiger partial charge is 0.444 e. The van der Waals surface area contributed by atoms with E-state index in [0.29, 0.717) is 12.5 Å². The summed E-state index contributed by atoms with van der Waals surface area (Å²) in [6, 6.07) is 0. The summed E-state index contributed by atoms with van der Waals surface area (Å²) in [5, 5.41) is 0. The van der Waals surface area contributed by atoms with Crippen molar-refractivity contribution in [3.63, 3.8) is 0 Å². The molecule has 2 bridgehead atoms. The molecule has 4 heteroatoms. The summed E-state index contributed by atoms with van der Waals surface area (Å²) < 4.78 is 5.42. The van der Waals surface area contributed by atoms with E-state index in [1.165, 1.54) is 12.8 Å². The molecule has 1 aliphatic heterocycles. The van der Waals surface area contributed by atoms with E-state index < -0.39 is 5.60 Å². The Kier molecular flexibility index (Phi) is 3.10. The van der Waals surface area contributed by atoms with Crippen molar-refractivity contribution in [1.29, 1.82) is 0 Å². The molecule has 98 valence electrons. The standard InChI is InChI=1S/C13H24N2O2/c1-12(2,3)17-11(16)15-8-10-5-4-6-13(14,7-10)9-15/h10H,4-9,14H2,1-3H3. The molecular weight excluding hydrogens is 216 g/mol. The van der Waals surface area contributed by atoms with Crippen LogP contribution in [0, 0.1) is 5.92 Å². The van der Waals surface area contributed by atoms with E-state index in [1.807, 2.05) is 20.8 Å². The van der Waals surface area contributed by atoms with Gasteiger partial charge in [-0.25, -0.2) is 4.79 Å². The molecule has 4 nitrogen and oxygen atoms in total. The maximum absolute atomic E-state index is 12.0. The number of carbonyl (C=O) groups excluding carboxylic acids is 1. The van der Waals surface area contributed by atoms with Gasteiger partial charge in [0.25, 0.3) is 0 Å². The van der Waals surface area contributed by atoms with Gasteiger partial charge >= 0.3 is 6.09 Å². The molecule has 0 aromatic heterocycles. The lowest BCUT2D eigenvalue weighted by atomic mass is 9.73. The van der Waals surface area contributed by atoms with E-state index in [9.17, 15) is 4.79 Å². The maximum Gasteiger partial charge on any atom is 0.410 e. The second-order valence-corrected chi connectivity index (χ2v) is 6.69. The van der Waals surface area contributed by atoms with Crippen molar-refractivity contribution in [2.45, 2.75) is 57.6 Å². The average Bonchev–Trinajstić information content (AvgIpc) is 2.12. The predicted molar refractivity (Wildman–Crippen MR) is 66.7 cm³/mol. The zero-order chi connectivity index (χ0) is 12.7. The fraction of sp³-hybridized carbons (Fsp3) is 0.923. The minimum Gasteiger partial charge on any atom is -0.444 e. The minimum atomic E-state index is -0.425. The molecule has 2 N–H and O–H groups in total. The third-order valence-corrected chi connectivity index (χ3v) is 3.62. The highest BCUT2D eigenvalue weighted by atomic mass is 16.6. The van der Waals surface area contributed by atoms with Crippen molar-refractivity contribution in [1.82, 2.24) is 4.90 Å². The lowest BCUT2D eigenvalue weighted by molar-refractivity contribution is -0.00186. The number of rotatable bonds is 0. The fourth-order valence-electron chi connectivity index (χ4n) is 3.04. The van der Waals surface area contributed by atoms with Gasteiger partial charge in [-0.05, 0) is 46.0 Å². The first-order valence-electron chi connectivity index (χ1n) is 6.54. The number of amides is 1. The van der Waals surface area contributed by atoms with E-state index >= 15 is 0 Å². The van der Waals surface area contributed by atoms with Gasteiger partial charge in [-0.1, -0.05) is 6.42 Å². The number of ether oxygens (including phenoxy) is 1. The number of hydrogen-bond acceptors (Lipinski definition) is 3. The number of nitrogens with two attached hydrogens (primary N) is 1. The molecule has 2 unspecified atom stereocenters. The van der Waals surface area contributed by atoms with Crippen LogP contribution in [0.25, 0.3) is 0 Å². The van der Waals surface area contributed by atoms with Crippen LogP contribution in [0.5, 0.6) is 0 Å². The maximum atomic E-state index is 12.0. The van der Waals surface area contributed by atoms with Gasteiger partial charge in [-0.2, -0.15) is 0 Å². The minimum absolute atomic E-state index is 0.169. The monoisotopic (exact) mass is 240 g/mol. The quantitative estimate of drug-likeness (QED) is 0.705. The summed E-state index contributed by atoms with van der Waals surface area (Å²) in [6.07, 6.45) is 4.27. The third-order valence-electron chi connectivity index (χ3n) is 3.62. The Hall–Kier alpha value is -0.770. The number of nitrogens with zero attached hydrogens (tertiary/aromatic N) is 1. The van der Waals surface area contributed by atoms with E-state index in [1.54, 1.807) is 4.90 Å². The second kappa shape index (κ2) is 4.16. The molecule has 17 heavy (non-hydrogen) atoms. The highest BCUT2D eigenvalue weighted by molar-refractivity contribution is 5.68. The third kappa shape index (κ3) is 3.12. The Bertz CT molecular complexity index is 311. The van der Waals surface area contributed by atoms with Crippen molar-refractivity contribution in [2.75, 3.05) is 13.1 Å². The van der Waals surface area contributed by atoms with Gasteiger partial charge in [0.1, 0.15) is 5.60 Å². The van der Waals surface area contributed by atoms with Crippen molar-refractivity contribution < 1.29 is 9.53 Å². The van der Waals surface area contributed by atoms with Crippen LogP contribution in [0.15, 0.2) is 0 Å². The van der Waals surface area contributed by atoms with Crippen LogP contribution in [-0.2, 0) is 4.74 Å². The molecular formula is C13H24N2O2. The van der Waals surface area contributed by atoms with E-state index in [2.05, 4.69) is 0 Å². The van der Waals surface area contributed by atoms with Crippen molar-refractivity contribution in [3.05, 3.63) is 0 Å². The Morgan fingerprint density at radius 2 is 2.18 bits per heavy atom. The van der Waals surface area contributed by atoms with Crippen LogP contribution in [0.2, 0.25) is 0 Å². The van der Waals surface area contributed by atoms with Crippen LogP contribution < -0.4 is 5.73 Å². The highest BCUT2D eigenvalue weighted by Gasteiger charge is 2.42. The molecule has 2 fully saturated rings. The van der Waals surface area contributed by atoms with Gasteiger partial charge in [0, 0.05) is 18.6 Å². The van der Waals surface area contributed by atoms with Crippen LogP contribution in [-0.4, -0.2) is 35.2 Å². The van der Waals surface area contributed by atoms with Gasteiger partial charge in [-0.15, -0.1) is 0 Å². The number of piperidine rings is 1. The Morgan fingerprint density at radius 1 is 1.47 bits per heavy atom. The lowest BCUT2D eigenvalue weighted by Crippen LogP contribution is -2.60. The number of likely N-dealkylation sites (tertiary alicyclic amines) is 1. The predicted octanol–water partition coefficient (Wildman–Crippen LogP) is 2.12. The Balaban J connectivity index is 2.00. The SMILES string of the molecule is CC(C)(C)OC(=O)N1CC2CCCC(N)(C2)C1. The van der Waals surface area contributed by atoms with Crippen molar-refractivity contribution in [2.24, 2.45) is 11.7 Å². The molecule has 2 rings (SSSR count). The van der Waals surface area contributed by atoms with Crippen LogP contribution in [0.3, 0.4) is 0 Å². The molecule has 1 heterocycles. The molecule has 0 radical (unpaired) electrons. The zero-order valence-corrected chi connectivity index (χ0v) is 11.2. The van der Waals surface area contributed by atoms with Gasteiger partial charge in [-0.3, -0.25) is 0 Å². The van der Waals surface area contributed by atoms with Gasteiger partial charge in [0.2, 0.25) is 0 Å². The molecule has 1 amide bonds. The first-order valence-corrected chi connectivity index (χ1v) is 6.54. The molecule has 1 saturated heterocycles. The molecule has 2 aliphatic rings. The average molecular weight is 240 g/mol. The summed E-state index contributed by atoms with van der Waals surface area (Å²) in [5.41, 5.74) is 5.75. The summed E-state index contributed by atoms with van der Waals surface area (Å²) in [5.74, 6) is 0.565. The normalized spacial score (nSPS) is 33.4. The number of carbonyl (C=O) groups is 1. The summed E-state index contributed by atoms with van der Waals surface area (Å²) in [4.78, 5) is 13.8. The summed E-state index contributed by atoms with van der Waals surface area (Å²) >= 11 is 0. The smallest absolute Gasteiger partial charge is 0.410 e. The Labute approximate surface area is 103 Å². The summed E-state index contributed by atoms with van der Waals surface area (Å²) in [6.45, 7) is 7.15. The number of hydrogen-bond donors (Lipinski definition) is 1. The van der Waals surface area contributed by atoms with Crippen LogP contribution >= 0.6 is 0 Å². The molecule has 2 atom stereocenters.